The van der Waals surface area contributed by atoms with E-state index in [4.69, 9.17) is 5.11 Å². The van der Waals surface area contributed by atoms with Gasteiger partial charge in [-0.2, -0.15) is 0 Å². The molecule has 0 amide bonds. The molecular formula is C14H14N2O5S2. The average Bonchev–Trinajstić information content (AvgIpc) is 2.95. The number of Topliss-reactive ketones (excluding diaryl/α,β-unsaturated/α-hetero) is 1. The minimum absolute atomic E-state index is 0.0186. The number of carbonyl (C=O) groups is 2. The molecule has 0 fully saturated rings. The van der Waals surface area contributed by atoms with Crippen LogP contribution in [0.1, 0.15) is 29.4 Å². The summed E-state index contributed by atoms with van der Waals surface area (Å²) < 4.78 is 26.8. The van der Waals surface area contributed by atoms with Crippen molar-refractivity contribution in [2.45, 2.75) is 24.7 Å². The summed E-state index contributed by atoms with van der Waals surface area (Å²) in [5.74, 6) is -1.24. The minimum atomic E-state index is -3.92. The highest BCUT2D eigenvalue weighted by molar-refractivity contribution is 7.93. The third-order valence-corrected chi connectivity index (χ3v) is 5.26. The quantitative estimate of drug-likeness (QED) is 0.788. The second-order valence-corrected chi connectivity index (χ2v) is 7.19. The summed E-state index contributed by atoms with van der Waals surface area (Å²) in [6.45, 7) is 1.76. The molecule has 122 valence electrons. The highest BCUT2D eigenvalue weighted by atomic mass is 32.2. The SMILES string of the molecule is CCC(=O)Cc1ccc(S(=O)(=O)Nc2scnc2C(=O)O)cc1. The number of sulfonamides is 1. The van der Waals surface area contributed by atoms with Gasteiger partial charge in [0.05, 0.1) is 10.4 Å². The topological polar surface area (TPSA) is 113 Å². The van der Waals surface area contributed by atoms with Crippen LogP contribution in [0.5, 0.6) is 0 Å². The fourth-order valence-corrected chi connectivity index (χ4v) is 3.78. The number of aromatic carboxylic acids is 1. The van der Waals surface area contributed by atoms with Crippen LogP contribution < -0.4 is 4.72 Å². The molecular weight excluding hydrogens is 340 g/mol. The maximum atomic E-state index is 12.3. The first kappa shape index (κ1) is 17.1. The minimum Gasteiger partial charge on any atom is -0.476 e. The first-order valence-electron chi connectivity index (χ1n) is 6.63. The molecule has 0 aliphatic rings. The third kappa shape index (κ3) is 4.14. The highest BCUT2D eigenvalue weighted by Crippen LogP contribution is 2.24. The van der Waals surface area contributed by atoms with Crippen LogP contribution in [0, 0.1) is 0 Å². The molecule has 0 bridgehead atoms. The lowest BCUT2D eigenvalue weighted by atomic mass is 10.1. The van der Waals surface area contributed by atoms with Crippen molar-refractivity contribution in [3.05, 3.63) is 41.0 Å². The molecule has 0 aliphatic heterocycles. The van der Waals surface area contributed by atoms with E-state index in [9.17, 15) is 18.0 Å². The third-order valence-electron chi connectivity index (χ3n) is 3.03. The first-order valence-corrected chi connectivity index (χ1v) is 9.00. The number of carboxylic acids is 1. The maximum absolute atomic E-state index is 12.3. The number of nitrogens with zero attached hydrogens (tertiary/aromatic N) is 1. The van der Waals surface area contributed by atoms with E-state index in [1.54, 1.807) is 19.1 Å². The van der Waals surface area contributed by atoms with Gasteiger partial charge in [0, 0.05) is 12.8 Å². The summed E-state index contributed by atoms with van der Waals surface area (Å²) in [5, 5.41) is 8.89. The van der Waals surface area contributed by atoms with Crippen molar-refractivity contribution in [3.8, 4) is 0 Å². The molecule has 0 spiro atoms. The molecule has 1 aromatic carbocycles. The Kier molecular flexibility index (Phi) is 5.12. The van der Waals surface area contributed by atoms with E-state index in [1.807, 2.05) is 0 Å². The fourth-order valence-electron chi connectivity index (χ4n) is 1.79. The number of aromatic nitrogens is 1. The largest absolute Gasteiger partial charge is 0.476 e. The lowest BCUT2D eigenvalue weighted by molar-refractivity contribution is -0.118. The smallest absolute Gasteiger partial charge is 0.357 e. The Morgan fingerprint density at radius 2 is 1.91 bits per heavy atom. The van der Waals surface area contributed by atoms with E-state index in [0.717, 1.165) is 16.9 Å². The van der Waals surface area contributed by atoms with Crippen molar-refractivity contribution < 1.29 is 23.1 Å². The Morgan fingerprint density at radius 1 is 1.26 bits per heavy atom. The van der Waals surface area contributed by atoms with Crippen molar-refractivity contribution in [1.29, 1.82) is 0 Å². The van der Waals surface area contributed by atoms with Crippen molar-refractivity contribution >= 4 is 38.1 Å². The summed E-state index contributed by atoms with van der Waals surface area (Å²) in [4.78, 5) is 25.9. The van der Waals surface area contributed by atoms with Crippen molar-refractivity contribution in [1.82, 2.24) is 4.98 Å². The molecule has 23 heavy (non-hydrogen) atoms. The average molecular weight is 354 g/mol. The maximum Gasteiger partial charge on any atom is 0.357 e. The number of ketones is 1. The lowest BCUT2D eigenvalue weighted by Gasteiger charge is -2.07. The van der Waals surface area contributed by atoms with Gasteiger partial charge in [-0.15, -0.1) is 11.3 Å². The van der Waals surface area contributed by atoms with Gasteiger partial charge in [0.1, 0.15) is 10.8 Å². The van der Waals surface area contributed by atoms with Gasteiger partial charge in [-0.05, 0) is 17.7 Å². The first-order chi connectivity index (χ1) is 10.8. The van der Waals surface area contributed by atoms with E-state index >= 15 is 0 Å². The Hall–Kier alpha value is -2.26. The molecule has 2 aromatic rings. The van der Waals surface area contributed by atoms with Crippen LogP contribution in [-0.2, 0) is 21.2 Å². The number of carbonyl (C=O) groups excluding carboxylic acids is 1. The van der Waals surface area contributed by atoms with Crippen LogP contribution in [0.15, 0.2) is 34.7 Å². The van der Waals surface area contributed by atoms with Gasteiger partial charge in [-0.1, -0.05) is 19.1 Å². The van der Waals surface area contributed by atoms with E-state index in [2.05, 4.69) is 9.71 Å². The summed E-state index contributed by atoms with van der Waals surface area (Å²) in [5.41, 5.74) is 1.63. The van der Waals surface area contributed by atoms with Crippen molar-refractivity contribution in [3.63, 3.8) is 0 Å². The lowest BCUT2D eigenvalue weighted by Crippen LogP contribution is -2.14. The monoisotopic (exact) mass is 354 g/mol. The number of nitrogens with one attached hydrogen (secondary N) is 1. The Bertz CT molecular complexity index is 825. The molecule has 0 saturated heterocycles. The number of carboxylic acid groups (broad SMARTS) is 1. The van der Waals surface area contributed by atoms with E-state index in [-0.39, 0.29) is 27.8 Å². The zero-order chi connectivity index (χ0) is 17.0. The van der Waals surface area contributed by atoms with Crippen LogP contribution in [0.2, 0.25) is 0 Å². The molecule has 0 saturated carbocycles. The number of anilines is 1. The van der Waals surface area contributed by atoms with Crippen LogP contribution in [0.3, 0.4) is 0 Å². The summed E-state index contributed by atoms with van der Waals surface area (Å²) in [6.07, 6.45) is 0.674. The Morgan fingerprint density at radius 3 is 2.48 bits per heavy atom. The van der Waals surface area contributed by atoms with Gasteiger partial charge < -0.3 is 5.11 Å². The molecule has 0 radical (unpaired) electrons. The zero-order valence-corrected chi connectivity index (χ0v) is 13.8. The predicted octanol–water partition coefficient (Wildman–Crippen LogP) is 2.16. The number of thiazole rings is 1. The molecule has 9 heteroatoms. The number of benzene rings is 1. The van der Waals surface area contributed by atoms with Gasteiger partial charge in [-0.25, -0.2) is 18.2 Å². The van der Waals surface area contributed by atoms with Gasteiger partial charge in [0.15, 0.2) is 5.69 Å². The van der Waals surface area contributed by atoms with E-state index < -0.39 is 16.0 Å². The molecule has 2 N–H and O–H groups in total. The second-order valence-electron chi connectivity index (χ2n) is 4.65. The molecule has 2 rings (SSSR count). The molecule has 1 heterocycles. The Balaban J connectivity index is 2.21. The van der Waals surface area contributed by atoms with Crippen molar-refractivity contribution in [2.24, 2.45) is 0 Å². The summed E-state index contributed by atoms with van der Waals surface area (Å²) in [6, 6.07) is 5.88. The molecule has 0 unspecified atom stereocenters. The van der Waals surface area contributed by atoms with E-state index in [1.165, 1.54) is 17.6 Å². The zero-order valence-electron chi connectivity index (χ0n) is 12.1. The second kappa shape index (κ2) is 6.88. The molecule has 1 aromatic heterocycles. The molecule has 0 atom stereocenters. The Labute approximate surface area is 137 Å². The molecule has 7 nitrogen and oxygen atoms in total. The van der Waals surface area contributed by atoms with Crippen LogP contribution in [0.4, 0.5) is 5.00 Å². The predicted molar refractivity (Wildman–Crippen MR) is 85.3 cm³/mol. The van der Waals surface area contributed by atoms with Gasteiger partial charge in [-0.3, -0.25) is 9.52 Å². The van der Waals surface area contributed by atoms with Gasteiger partial charge in [0.25, 0.3) is 10.0 Å². The van der Waals surface area contributed by atoms with Crippen LogP contribution in [0.25, 0.3) is 0 Å². The van der Waals surface area contributed by atoms with Gasteiger partial charge >= 0.3 is 5.97 Å². The standard InChI is InChI=1S/C14H14N2O5S2/c1-2-10(17)7-9-3-5-11(6-4-9)23(20,21)16-13-12(14(18)19)15-8-22-13/h3-6,8,16H,2,7H2,1H3,(H,18,19). The van der Waals surface area contributed by atoms with E-state index in [0.29, 0.717) is 6.42 Å². The van der Waals surface area contributed by atoms with Crippen molar-refractivity contribution in [2.75, 3.05) is 4.72 Å². The highest BCUT2D eigenvalue weighted by Gasteiger charge is 2.20. The number of rotatable bonds is 7. The van der Waals surface area contributed by atoms with Crippen LogP contribution >= 0.6 is 11.3 Å². The number of hydrogen-bond donors (Lipinski definition) is 2. The summed E-state index contributed by atoms with van der Waals surface area (Å²) in [7, 11) is -3.92. The number of hydrogen-bond acceptors (Lipinski definition) is 6. The molecule has 0 aliphatic carbocycles. The van der Waals surface area contributed by atoms with Crippen LogP contribution in [-0.4, -0.2) is 30.3 Å². The van der Waals surface area contributed by atoms with Gasteiger partial charge in [0.2, 0.25) is 0 Å². The fraction of sp³-hybridized carbons (Fsp3) is 0.214. The summed E-state index contributed by atoms with van der Waals surface area (Å²) >= 11 is 0.887. The normalized spacial score (nSPS) is 11.2.